The molecule has 1 aliphatic heterocycles. The van der Waals surface area contributed by atoms with E-state index in [0.29, 0.717) is 32.1 Å². The SMILES string of the molecule is Cc1cc(-c2ccncc2N2CCN(C(=O)O)CC2)ccc1C(C)NC(=O)c1noc(C(C)(C)C)n1. The third-order valence-electron chi connectivity index (χ3n) is 6.36. The fourth-order valence-electron chi connectivity index (χ4n) is 4.31. The van der Waals surface area contributed by atoms with Gasteiger partial charge < -0.3 is 24.7 Å². The van der Waals surface area contributed by atoms with Gasteiger partial charge in [0, 0.05) is 43.4 Å². The lowest BCUT2D eigenvalue weighted by Crippen LogP contribution is -2.48. The molecule has 2 N–H and O–H groups in total. The van der Waals surface area contributed by atoms with Gasteiger partial charge in [0.05, 0.1) is 17.9 Å². The van der Waals surface area contributed by atoms with Gasteiger partial charge in [-0.3, -0.25) is 9.78 Å². The van der Waals surface area contributed by atoms with Crippen molar-refractivity contribution in [1.29, 1.82) is 0 Å². The van der Waals surface area contributed by atoms with Gasteiger partial charge in [-0.05, 0) is 36.6 Å². The van der Waals surface area contributed by atoms with E-state index in [1.807, 2.05) is 59.0 Å². The highest BCUT2D eigenvalue weighted by molar-refractivity contribution is 5.90. The molecule has 36 heavy (non-hydrogen) atoms. The van der Waals surface area contributed by atoms with E-state index in [9.17, 15) is 14.7 Å². The first-order chi connectivity index (χ1) is 17.0. The Bertz CT molecular complexity index is 1260. The first-order valence-electron chi connectivity index (χ1n) is 12.0. The fourth-order valence-corrected chi connectivity index (χ4v) is 4.31. The standard InChI is InChI=1S/C26H32N6O4/c1-16-14-18(20-8-9-27-15-21(20)31-10-12-32(13-11-31)25(34)35)6-7-19(16)17(2)28-23(33)22-29-24(36-30-22)26(3,4)5/h6-9,14-15,17H,10-13H2,1-5H3,(H,28,33)(H,34,35). The van der Waals surface area contributed by atoms with Crippen LogP contribution in [0.4, 0.5) is 10.5 Å². The number of nitrogens with zero attached hydrogens (tertiary/aromatic N) is 5. The van der Waals surface area contributed by atoms with Crippen LogP contribution in [-0.4, -0.2) is 63.3 Å². The Morgan fingerprint density at radius 2 is 1.86 bits per heavy atom. The summed E-state index contributed by atoms with van der Waals surface area (Å²) >= 11 is 0. The number of rotatable bonds is 5. The molecule has 1 saturated heterocycles. The maximum Gasteiger partial charge on any atom is 0.407 e. The largest absolute Gasteiger partial charge is 0.465 e. The van der Waals surface area contributed by atoms with E-state index in [-0.39, 0.29) is 23.2 Å². The van der Waals surface area contributed by atoms with Gasteiger partial charge in [0.2, 0.25) is 5.89 Å². The highest BCUT2D eigenvalue weighted by Gasteiger charge is 2.26. The molecular weight excluding hydrogens is 460 g/mol. The van der Waals surface area contributed by atoms with E-state index >= 15 is 0 Å². The number of amides is 2. The number of carboxylic acid groups (broad SMARTS) is 1. The molecule has 0 radical (unpaired) electrons. The Morgan fingerprint density at radius 1 is 1.14 bits per heavy atom. The molecule has 3 aromatic rings. The summed E-state index contributed by atoms with van der Waals surface area (Å²) in [5, 5.41) is 16.0. The van der Waals surface area contributed by atoms with E-state index in [0.717, 1.165) is 27.9 Å². The second-order valence-corrected chi connectivity index (χ2v) is 10.1. The number of anilines is 1. The molecule has 1 fully saturated rings. The fraction of sp³-hybridized carbons (Fsp3) is 0.423. The summed E-state index contributed by atoms with van der Waals surface area (Å²) < 4.78 is 5.24. The Kier molecular flexibility index (Phi) is 6.96. The first kappa shape index (κ1) is 25.2. The lowest BCUT2D eigenvalue weighted by Gasteiger charge is -2.35. The monoisotopic (exact) mass is 492 g/mol. The molecular formula is C26H32N6O4. The number of aryl methyl sites for hydroxylation is 1. The van der Waals surface area contributed by atoms with Crippen molar-refractivity contribution in [2.45, 2.75) is 46.1 Å². The molecule has 2 amide bonds. The predicted octanol–water partition coefficient (Wildman–Crippen LogP) is 4.03. The zero-order valence-electron chi connectivity index (χ0n) is 21.3. The summed E-state index contributed by atoms with van der Waals surface area (Å²) in [7, 11) is 0. The molecule has 0 bridgehead atoms. The van der Waals surface area contributed by atoms with E-state index in [1.165, 1.54) is 4.90 Å². The van der Waals surface area contributed by atoms with E-state index in [2.05, 4.69) is 31.4 Å². The van der Waals surface area contributed by atoms with Crippen molar-refractivity contribution in [2.24, 2.45) is 0 Å². The van der Waals surface area contributed by atoms with E-state index in [4.69, 9.17) is 4.52 Å². The minimum absolute atomic E-state index is 0.0190. The van der Waals surface area contributed by atoms with Gasteiger partial charge in [-0.15, -0.1) is 0 Å². The van der Waals surface area contributed by atoms with Crippen LogP contribution in [0.1, 0.15) is 61.4 Å². The van der Waals surface area contributed by atoms with Crippen LogP contribution in [0, 0.1) is 6.92 Å². The van der Waals surface area contributed by atoms with Gasteiger partial charge >= 0.3 is 6.09 Å². The lowest BCUT2D eigenvalue weighted by molar-refractivity contribution is 0.0926. The van der Waals surface area contributed by atoms with Crippen LogP contribution < -0.4 is 10.2 Å². The molecule has 1 aliphatic rings. The van der Waals surface area contributed by atoms with Crippen molar-refractivity contribution >= 4 is 17.7 Å². The predicted molar refractivity (Wildman–Crippen MR) is 135 cm³/mol. The average molecular weight is 493 g/mol. The van der Waals surface area contributed by atoms with Gasteiger partial charge in [-0.25, -0.2) is 4.79 Å². The van der Waals surface area contributed by atoms with Crippen LogP contribution in [0.25, 0.3) is 11.1 Å². The molecule has 1 unspecified atom stereocenters. The number of carbonyl (C=O) groups excluding carboxylic acids is 1. The highest BCUT2D eigenvalue weighted by Crippen LogP contribution is 2.33. The topological polar surface area (TPSA) is 125 Å². The second-order valence-electron chi connectivity index (χ2n) is 10.1. The lowest BCUT2D eigenvalue weighted by atomic mass is 9.96. The minimum Gasteiger partial charge on any atom is -0.465 e. The first-order valence-corrected chi connectivity index (χ1v) is 12.0. The summed E-state index contributed by atoms with van der Waals surface area (Å²) in [6, 6.07) is 7.85. The van der Waals surface area contributed by atoms with Crippen LogP contribution >= 0.6 is 0 Å². The normalized spacial score (nSPS) is 15.0. The molecule has 10 heteroatoms. The Morgan fingerprint density at radius 3 is 2.47 bits per heavy atom. The molecule has 1 aromatic carbocycles. The van der Waals surface area contributed by atoms with Crippen molar-refractivity contribution in [2.75, 3.05) is 31.1 Å². The van der Waals surface area contributed by atoms with Crippen molar-refractivity contribution in [3.8, 4) is 11.1 Å². The van der Waals surface area contributed by atoms with Gasteiger partial charge in [0.15, 0.2) is 0 Å². The average Bonchev–Trinajstić information content (AvgIpc) is 3.35. The number of benzene rings is 1. The molecule has 0 saturated carbocycles. The number of piperazine rings is 1. The molecule has 0 aliphatic carbocycles. The van der Waals surface area contributed by atoms with Crippen molar-refractivity contribution in [3.05, 3.63) is 59.5 Å². The smallest absolute Gasteiger partial charge is 0.407 e. The molecule has 4 rings (SSSR count). The third kappa shape index (κ3) is 5.32. The number of nitrogens with one attached hydrogen (secondary N) is 1. The maximum absolute atomic E-state index is 12.7. The zero-order chi connectivity index (χ0) is 26.0. The Hall–Kier alpha value is -3.95. The van der Waals surface area contributed by atoms with Crippen molar-refractivity contribution in [3.63, 3.8) is 0 Å². The van der Waals surface area contributed by atoms with Crippen molar-refractivity contribution in [1.82, 2.24) is 25.3 Å². The summed E-state index contributed by atoms with van der Waals surface area (Å²) in [5.74, 6) is 0.0472. The zero-order valence-corrected chi connectivity index (χ0v) is 21.3. The minimum atomic E-state index is -0.887. The van der Waals surface area contributed by atoms with Gasteiger partial charge in [-0.1, -0.05) is 44.1 Å². The second kappa shape index (κ2) is 9.96. The Labute approximate surface area is 210 Å². The molecule has 3 heterocycles. The quantitative estimate of drug-likeness (QED) is 0.547. The van der Waals surface area contributed by atoms with E-state index < -0.39 is 6.09 Å². The molecule has 2 aromatic heterocycles. The molecule has 0 spiro atoms. The third-order valence-corrected chi connectivity index (χ3v) is 6.36. The Balaban J connectivity index is 1.50. The number of carbonyl (C=O) groups is 2. The van der Waals surface area contributed by atoms with E-state index in [1.54, 1.807) is 6.20 Å². The van der Waals surface area contributed by atoms with Crippen LogP contribution in [0.15, 0.2) is 41.2 Å². The molecule has 1 atom stereocenters. The molecule has 190 valence electrons. The summed E-state index contributed by atoms with van der Waals surface area (Å²) in [6.07, 6.45) is 2.70. The van der Waals surface area contributed by atoms with Gasteiger partial charge in [0.1, 0.15) is 0 Å². The summed E-state index contributed by atoms with van der Waals surface area (Å²) in [5.41, 5.74) is 4.71. The van der Waals surface area contributed by atoms with Crippen LogP contribution in [0.5, 0.6) is 0 Å². The summed E-state index contributed by atoms with van der Waals surface area (Å²) in [6.45, 7) is 11.9. The highest BCUT2D eigenvalue weighted by atomic mass is 16.5. The van der Waals surface area contributed by atoms with Crippen LogP contribution in [0.3, 0.4) is 0 Å². The number of hydrogen-bond donors (Lipinski definition) is 2. The van der Waals surface area contributed by atoms with Gasteiger partial charge in [0.25, 0.3) is 11.7 Å². The maximum atomic E-state index is 12.7. The summed E-state index contributed by atoms with van der Waals surface area (Å²) in [4.78, 5) is 36.1. The van der Waals surface area contributed by atoms with Crippen LogP contribution in [-0.2, 0) is 5.41 Å². The van der Waals surface area contributed by atoms with Crippen LogP contribution in [0.2, 0.25) is 0 Å². The number of aromatic nitrogens is 3. The number of hydrogen-bond acceptors (Lipinski definition) is 7. The van der Waals surface area contributed by atoms with Gasteiger partial charge in [-0.2, -0.15) is 4.98 Å². The van der Waals surface area contributed by atoms with Crippen molar-refractivity contribution < 1.29 is 19.2 Å². The molecule has 10 nitrogen and oxygen atoms in total. The number of pyridine rings is 1.